The van der Waals surface area contributed by atoms with Crippen molar-refractivity contribution in [3.63, 3.8) is 0 Å². The Labute approximate surface area is 70.7 Å². The second-order valence-electron chi connectivity index (χ2n) is 1.40. The molecule has 0 radical (unpaired) electrons. The van der Waals surface area contributed by atoms with Crippen molar-refractivity contribution < 1.29 is 0 Å². The van der Waals surface area contributed by atoms with Gasteiger partial charge in [-0.1, -0.05) is 42.4 Å². The van der Waals surface area contributed by atoms with Crippen molar-refractivity contribution in [3.05, 3.63) is 35.4 Å². The lowest BCUT2D eigenvalue weighted by Crippen LogP contribution is -1.55. The molecule has 1 nitrogen and oxygen atoms in total. The van der Waals surface area contributed by atoms with E-state index in [9.17, 15) is 0 Å². The van der Waals surface area contributed by atoms with Crippen LogP contribution in [0.4, 0.5) is 0 Å². The van der Waals surface area contributed by atoms with Gasteiger partial charge in [-0.3, -0.25) is 0 Å². The van der Waals surface area contributed by atoms with Gasteiger partial charge in [0.1, 0.15) is 5.40 Å². The Bertz CT molecular complexity index is 205. The average molecular weight is 172 g/mol. The van der Waals surface area contributed by atoms with Crippen LogP contribution in [0.2, 0.25) is 5.02 Å². The SMILES string of the molecule is Clc1ccccc1.N#CS. The van der Waals surface area contributed by atoms with Crippen LogP contribution >= 0.6 is 24.2 Å². The fourth-order valence-corrected chi connectivity index (χ4v) is 0.560. The van der Waals surface area contributed by atoms with Crippen LogP contribution in [0.15, 0.2) is 30.3 Å². The second-order valence-corrected chi connectivity index (χ2v) is 2.03. The summed E-state index contributed by atoms with van der Waals surface area (Å²) in [4.78, 5) is 0. The Morgan fingerprint density at radius 2 is 1.70 bits per heavy atom. The summed E-state index contributed by atoms with van der Waals surface area (Å²) in [5, 5.41) is 9.42. The molecule has 0 heterocycles. The number of hydrogen-bond acceptors (Lipinski definition) is 2. The van der Waals surface area contributed by atoms with Crippen molar-refractivity contribution in [1.29, 1.82) is 5.26 Å². The number of thiocyanates is 1. The maximum atomic E-state index is 7.18. The van der Waals surface area contributed by atoms with Gasteiger partial charge in [-0.15, -0.1) is 0 Å². The average Bonchev–Trinajstić information content (AvgIpc) is 1.91. The van der Waals surface area contributed by atoms with Crippen molar-refractivity contribution in [2.45, 2.75) is 0 Å². The maximum absolute atomic E-state index is 7.18. The van der Waals surface area contributed by atoms with E-state index in [4.69, 9.17) is 16.9 Å². The van der Waals surface area contributed by atoms with Crippen LogP contribution in [0.5, 0.6) is 0 Å². The summed E-state index contributed by atoms with van der Waals surface area (Å²) in [6.07, 6.45) is 0. The molecule has 0 bridgehead atoms. The highest BCUT2D eigenvalue weighted by atomic mass is 35.5. The molecule has 1 aromatic carbocycles. The van der Waals surface area contributed by atoms with E-state index in [0.717, 1.165) is 5.02 Å². The summed E-state index contributed by atoms with van der Waals surface area (Å²) in [6.45, 7) is 0. The summed E-state index contributed by atoms with van der Waals surface area (Å²) >= 11 is 8.63. The molecule has 52 valence electrons. The van der Waals surface area contributed by atoms with Gasteiger partial charge >= 0.3 is 0 Å². The molecule has 0 saturated carbocycles. The van der Waals surface area contributed by atoms with Crippen LogP contribution < -0.4 is 0 Å². The predicted molar refractivity (Wildman–Crippen MR) is 46.1 cm³/mol. The van der Waals surface area contributed by atoms with Gasteiger partial charge in [-0.2, -0.15) is 5.26 Å². The van der Waals surface area contributed by atoms with Crippen molar-refractivity contribution in [2.75, 3.05) is 0 Å². The minimum absolute atomic E-state index is 0.794. The van der Waals surface area contributed by atoms with Crippen LogP contribution in [0.1, 0.15) is 0 Å². The minimum Gasteiger partial charge on any atom is -0.185 e. The van der Waals surface area contributed by atoms with E-state index in [1.54, 1.807) is 0 Å². The highest BCUT2D eigenvalue weighted by Crippen LogP contribution is 2.03. The molecule has 0 fully saturated rings. The highest BCUT2D eigenvalue weighted by molar-refractivity contribution is 7.85. The summed E-state index contributed by atoms with van der Waals surface area (Å²) < 4.78 is 0. The molecule has 0 atom stereocenters. The zero-order chi connectivity index (χ0) is 7.82. The maximum Gasteiger partial charge on any atom is 0.130 e. The van der Waals surface area contributed by atoms with E-state index < -0.39 is 0 Å². The lowest BCUT2D eigenvalue weighted by atomic mass is 10.4. The van der Waals surface area contributed by atoms with Crippen LogP contribution in [0, 0.1) is 10.7 Å². The smallest absolute Gasteiger partial charge is 0.130 e. The molecule has 1 aromatic rings. The quantitative estimate of drug-likeness (QED) is 0.471. The molecule has 0 aliphatic heterocycles. The predicted octanol–water partition coefficient (Wildman–Crippen LogP) is 2.74. The second kappa shape index (κ2) is 6.47. The van der Waals surface area contributed by atoms with Gasteiger partial charge in [0.25, 0.3) is 0 Å². The zero-order valence-corrected chi connectivity index (χ0v) is 6.81. The van der Waals surface area contributed by atoms with Gasteiger partial charge in [0.15, 0.2) is 0 Å². The summed E-state index contributed by atoms with van der Waals surface area (Å²) in [5.74, 6) is 0. The Balaban J connectivity index is 0.000000236. The highest BCUT2D eigenvalue weighted by Gasteiger charge is 1.74. The zero-order valence-electron chi connectivity index (χ0n) is 5.16. The van der Waals surface area contributed by atoms with Gasteiger partial charge < -0.3 is 0 Å². The topological polar surface area (TPSA) is 23.8 Å². The van der Waals surface area contributed by atoms with E-state index in [0.29, 0.717) is 0 Å². The molecule has 3 heteroatoms. The first-order valence-corrected chi connectivity index (χ1v) is 3.37. The number of halogens is 1. The van der Waals surface area contributed by atoms with E-state index >= 15 is 0 Å². The van der Waals surface area contributed by atoms with Gasteiger partial charge in [-0.25, -0.2) is 0 Å². The number of nitriles is 1. The first-order chi connectivity index (χ1) is 4.81. The fourth-order valence-electron chi connectivity index (χ4n) is 0.415. The van der Waals surface area contributed by atoms with Crippen molar-refractivity contribution in [3.8, 4) is 5.40 Å². The lowest BCUT2D eigenvalue weighted by Gasteiger charge is -1.80. The standard InChI is InChI=1S/C6H5Cl.CHNS/c7-6-4-2-1-3-5-6;2-1-3/h1-5H;3H. The third kappa shape index (κ3) is 5.49. The third-order valence-electron chi connectivity index (χ3n) is 0.733. The molecule has 0 amide bonds. The Kier molecular flexibility index (Phi) is 6.05. The molecule has 0 aliphatic carbocycles. The third-order valence-corrected chi connectivity index (χ3v) is 0.985. The van der Waals surface area contributed by atoms with Crippen LogP contribution in [-0.2, 0) is 0 Å². The van der Waals surface area contributed by atoms with Crippen molar-refractivity contribution >= 4 is 24.2 Å². The van der Waals surface area contributed by atoms with Crippen LogP contribution in [0.3, 0.4) is 0 Å². The lowest BCUT2D eigenvalue weighted by molar-refractivity contribution is 1.57. The monoisotopic (exact) mass is 171 g/mol. The Morgan fingerprint density at radius 1 is 1.30 bits per heavy atom. The van der Waals surface area contributed by atoms with Gasteiger partial charge in [-0.05, 0) is 12.1 Å². The van der Waals surface area contributed by atoms with Crippen LogP contribution in [-0.4, -0.2) is 0 Å². The fraction of sp³-hybridized carbons (Fsp3) is 0. The van der Waals surface area contributed by atoms with E-state index in [2.05, 4.69) is 12.6 Å². The van der Waals surface area contributed by atoms with E-state index in [1.165, 1.54) is 5.40 Å². The minimum atomic E-state index is 0.794. The Morgan fingerprint density at radius 3 is 1.90 bits per heavy atom. The van der Waals surface area contributed by atoms with Gasteiger partial charge in [0, 0.05) is 5.02 Å². The number of nitrogens with zero attached hydrogens (tertiary/aromatic N) is 1. The molecule has 0 saturated heterocycles. The molecule has 0 aliphatic rings. The molecule has 0 aromatic heterocycles. The van der Waals surface area contributed by atoms with Crippen molar-refractivity contribution in [1.82, 2.24) is 0 Å². The number of rotatable bonds is 0. The molecule has 1 rings (SSSR count). The largest absolute Gasteiger partial charge is 0.185 e. The molecule has 0 spiro atoms. The summed E-state index contributed by atoms with van der Waals surface area (Å²) in [6, 6.07) is 9.44. The normalized spacial score (nSPS) is 6.90. The molecule has 10 heavy (non-hydrogen) atoms. The first-order valence-electron chi connectivity index (χ1n) is 2.55. The summed E-state index contributed by atoms with van der Waals surface area (Å²) in [5.41, 5.74) is 0. The molecular weight excluding hydrogens is 166 g/mol. The molecule has 0 unspecified atom stereocenters. The first kappa shape index (κ1) is 9.35. The summed E-state index contributed by atoms with van der Waals surface area (Å²) in [7, 11) is 0. The van der Waals surface area contributed by atoms with E-state index in [-0.39, 0.29) is 0 Å². The van der Waals surface area contributed by atoms with Crippen molar-refractivity contribution in [2.24, 2.45) is 0 Å². The molecular formula is C7H6ClNS. The number of thiol groups is 1. The molecule has 0 N–H and O–H groups in total. The van der Waals surface area contributed by atoms with Gasteiger partial charge in [0.2, 0.25) is 0 Å². The van der Waals surface area contributed by atoms with E-state index in [1.807, 2.05) is 30.3 Å². The van der Waals surface area contributed by atoms with Crippen LogP contribution in [0.25, 0.3) is 0 Å². The Hall–Kier alpha value is -0.650. The van der Waals surface area contributed by atoms with Gasteiger partial charge in [0.05, 0.1) is 0 Å². The number of hydrogen-bond donors (Lipinski definition) is 1. The number of benzene rings is 1.